The molecule has 0 radical (unpaired) electrons. The van der Waals surface area contributed by atoms with Gasteiger partial charge in [0.2, 0.25) is 10.0 Å². The van der Waals surface area contributed by atoms with Crippen molar-refractivity contribution in [2.75, 3.05) is 5.75 Å². The van der Waals surface area contributed by atoms with Crippen LogP contribution in [0.2, 0.25) is 0 Å². The molecule has 0 bridgehead atoms. The highest BCUT2D eigenvalue weighted by molar-refractivity contribution is 7.89. The molecule has 0 aliphatic rings. The van der Waals surface area contributed by atoms with E-state index in [-0.39, 0.29) is 23.3 Å². The summed E-state index contributed by atoms with van der Waals surface area (Å²) < 4.78 is 26.3. The van der Waals surface area contributed by atoms with Crippen LogP contribution in [0.3, 0.4) is 0 Å². The molecule has 2 N–H and O–H groups in total. The summed E-state index contributed by atoms with van der Waals surface area (Å²) in [5.74, 6) is -0.887. The highest BCUT2D eigenvalue weighted by Gasteiger charge is 2.14. The molecular formula is C15H23NO4S. The smallest absolute Gasteiger partial charge is 0.335 e. The number of hydrogen-bond donors (Lipinski definition) is 2. The van der Waals surface area contributed by atoms with E-state index in [1.165, 1.54) is 12.1 Å². The van der Waals surface area contributed by atoms with Crippen LogP contribution in [0.4, 0.5) is 0 Å². The number of carbonyl (C=O) groups is 1. The number of hydrogen-bond acceptors (Lipinski definition) is 3. The van der Waals surface area contributed by atoms with Gasteiger partial charge in [-0.05, 0) is 36.0 Å². The predicted octanol–water partition coefficient (Wildman–Crippen LogP) is 2.63. The molecule has 0 saturated carbocycles. The van der Waals surface area contributed by atoms with E-state index in [2.05, 4.69) is 25.5 Å². The molecule has 5 nitrogen and oxygen atoms in total. The van der Waals surface area contributed by atoms with Crippen molar-refractivity contribution in [3.05, 3.63) is 35.4 Å². The highest BCUT2D eigenvalue weighted by Crippen LogP contribution is 2.20. The van der Waals surface area contributed by atoms with Gasteiger partial charge in [-0.25, -0.2) is 17.9 Å². The minimum absolute atomic E-state index is 0.109. The molecule has 0 spiro atoms. The molecule has 0 aliphatic heterocycles. The fourth-order valence-corrected chi connectivity index (χ4v) is 2.88. The third-order valence-electron chi connectivity index (χ3n) is 3.04. The first-order valence-corrected chi connectivity index (χ1v) is 8.54. The molecule has 0 fully saturated rings. The molecule has 0 saturated heterocycles. The molecule has 0 heterocycles. The van der Waals surface area contributed by atoms with E-state index in [4.69, 9.17) is 5.11 Å². The summed E-state index contributed by atoms with van der Waals surface area (Å²) in [5, 5.41) is 8.79. The number of rotatable bonds is 7. The van der Waals surface area contributed by atoms with E-state index in [0.29, 0.717) is 6.42 Å². The Bertz CT molecular complexity index is 571. The van der Waals surface area contributed by atoms with Gasteiger partial charge in [-0.15, -0.1) is 0 Å². The summed E-state index contributed by atoms with van der Waals surface area (Å²) >= 11 is 0. The first-order chi connectivity index (χ1) is 9.59. The highest BCUT2D eigenvalue weighted by atomic mass is 32.2. The Morgan fingerprint density at radius 1 is 1.19 bits per heavy atom. The fraction of sp³-hybridized carbons (Fsp3) is 0.533. The van der Waals surface area contributed by atoms with Crippen LogP contribution in [-0.2, 0) is 16.6 Å². The number of carboxylic acids is 1. The van der Waals surface area contributed by atoms with Crippen LogP contribution >= 0.6 is 0 Å². The Labute approximate surface area is 126 Å². The minimum atomic E-state index is -3.29. The van der Waals surface area contributed by atoms with Crippen LogP contribution in [-0.4, -0.2) is 25.2 Å². The van der Waals surface area contributed by atoms with Crippen LogP contribution in [0.25, 0.3) is 0 Å². The third kappa shape index (κ3) is 7.24. The number of benzene rings is 1. The molecule has 0 atom stereocenters. The SMILES string of the molecule is CC(C)(C)CCCS(=O)(=O)NCc1ccc(C(=O)O)cc1. The van der Waals surface area contributed by atoms with Gasteiger partial charge in [-0.1, -0.05) is 32.9 Å². The average Bonchev–Trinajstić information content (AvgIpc) is 2.35. The zero-order valence-corrected chi connectivity index (χ0v) is 13.5. The largest absolute Gasteiger partial charge is 0.478 e. The molecule has 1 aromatic rings. The lowest BCUT2D eigenvalue weighted by Gasteiger charge is -2.17. The lowest BCUT2D eigenvalue weighted by atomic mass is 9.91. The zero-order chi connectivity index (χ0) is 16.1. The first kappa shape index (κ1) is 17.7. The van der Waals surface area contributed by atoms with Crippen molar-refractivity contribution in [1.29, 1.82) is 0 Å². The van der Waals surface area contributed by atoms with Crippen molar-refractivity contribution in [2.24, 2.45) is 5.41 Å². The fourth-order valence-electron chi connectivity index (χ4n) is 1.82. The molecule has 6 heteroatoms. The van der Waals surface area contributed by atoms with Gasteiger partial charge in [0.1, 0.15) is 0 Å². The average molecular weight is 313 g/mol. The van der Waals surface area contributed by atoms with E-state index in [9.17, 15) is 13.2 Å². The maximum absolute atomic E-state index is 11.9. The normalized spacial score (nSPS) is 12.3. The standard InChI is InChI=1S/C15H23NO4S/c1-15(2,3)9-4-10-21(19,20)16-11-12-5-7-13(8-6-12)14(17)18/h5-8,16H,4,9-11H2,1-3H3,(H,17,18). The summed E-state index contributed by atoms with van der Waals surface area (Å²) in [5.41, 5.74) is 1.05. The Hall–Kier alpha value is -1.40. The molecule has 21 heavy (non-hydrogen) atoms. The molecule has 0 amide bonds. The Morgan fingerprint density at radius 3 is 2.24 bits per heavy atom. The quantitative estimate of drug-likeness (QED) is 0.810. The summed E-state index contributed by atoms with van der Waals surface area (Å²) in [7, 11) is -3.29. The zero-order valence-electron chi connectivity index (χ0n) is 12.7. The summed E-state index contributed by atoms with van der Waals surface area (Å²) in [6, 6.07) is 6.15. The van der Waals surface area contributed by atoms with Crippen molar-refractivity contribution < 1.29 is 18.3 Å². The van der Waals surface area contributed by atoms with Gasteiger partial charge >= 0.3 is 5.97 Å². The van der Waals surface area contributed by atoms with E-state index in [1.54, 1.807) is 12.1 Å². The topological polar surface area (TPSA) is 83.5 Å². The van der Waals surface area contributed by atoms with E-state index >= 15 is 0 Å². The van der Waals surface area contributed by atoms with Gasteiger partial charge < -0.3 is 5.11 Å². The van der Waals surface area contributed by atoms with Crippen molar-refractivity contribution in [3.8, 4) is 0 Å². The minimum Gasteiger partial charge on any atom is -0.478 e. The van der Waals surface area contributed by atoms with Crippen LogP contribution in [0, 0.1) is 5.41 Å². The Balaban J connectivity index is 2.47. The van der Waals surface area contributed by atoms with Gasteiger partial charge in [-0.2, -0.15) is 0 Å². The Kier molecular flexibility index (Phi) is 5.92. The summed E-state index contributed by atoms with van der Waals surface area (Å²) in [6.07, 6.45) is 1.47. The van der Waals surface area contributed by atoms with Crippen LogP contribution in [0.15, 0.2) is 24.3 Å². The van der Waals surface area contributed by atoms with Crippen LogP contribution in [0.5, 0.6) is 0 Å². The lowest BCUT2D eigenvalue weighted by Crippen LogP contribution is -2.26. The molecule has 0 aliphatic carbocycles. The molecule has 0 unspecified atom stereocenters. The summed E-state index contributed by atoms with van der Waals surface area (Å²) in [4.78, 5) is 10.7. The Morgan fingerprint density at radius 2 is 1.76 bits per heavy atom. The third-order valence-corrected chi connectivity index (χ3v) is 4.45. The second kappa shape index (κ2) is 7.04. The monoisotopic (exact) mass is 313 g/mol. The second-order valence-corrected chi connectivity index (χ2v) is 8.23. The molecular weight excluding hydrogens is 290 g/mol. The van der Waals surface area contributed by atoms with E-state index < -0.39 is 16.0 Å². The number of aromatic carboxylic acids is 1. The number of sulfonamides is 1. The summed E-state index contributed by atoms with van der Waals surface area (Å²) in [6.45, 7) is 6.42. The first-order valence-electron chi connectivity index (χ1n) is 6.89. The predicted molar refractivity (Wildman–Crippen MR) is 82.7 cm³/mol. The maximum atomic E-state index is 11.9. The van der Waals surface area contributed by atoms with E-state index in [0.717, 1.165) is 12.0 Å². The molecule has 118 valence electrons. The van der Waals surface area contributed by atoms with Gasteiger partial charge in [-0.3, -0.25) is 0 Å². The number of carboxylic acid groups (broad SMARTS) is 1. The van der Waals surface area contributed by atoms with E-state index in [1.807, 2.05) is 0 Å². The van der Waals surface area contributed by atoms with Gasteiger partial charge in [0, 0.05) is 6.54 Å². The lowest BCUT2D eigenvalue weighted by molar-refractivity contribution is 0.0697. The second-order valence-electron chi connectivity index (χ2n) is 6.31. The van der Waals surface area contributed by atoms with Gasteiger partial charge in [0.05, 0.1) is 11.3 Å². The maximum Gasteiger partial charge on any atom is 0.335 e. The van der Waals surface area contributed by atoms with Crippen LogP contribution in [0.1, 0.15) is 49.5 Å². The van der Waals surface area contributed by atoms with Crippen molar-refractivity contribution in [3.63, 3.8) is 0 Å². The van der Waals surface area contributed by atoms with Crippen molar-refractivity contribution >= 4 is 16.0 Å². The van der Waals surface area contributed by atoms with Gasteiger partial charge in [0.15, 0.2) is 0 Å². The van der Waals surface area contributed by atoms with Crippen molar-refractivity contribution in [1.82, 2.24) is 4.72 Å². The van der Waals surface area contributed by atoms with Gasteiger partial charge in [0.25, 0.3) is 0 Å². The number of nitrogens with one attached hydrogen (secondary N) is 1. The molecule has 1 aromatic carbocycles. The van der Waals surface area contributed by atoms with Crippen LogP contribution < -0.4 is 4.72 Å². The van der Waals surface area contributed by atoms with Crippen molar-refractivity contribution in [2.45, 2.75) is 40.2 Å². The molecule has 0 aromatic heterocycles. The molecule has 1 rings (SSSR count).